The van der Waals surface area contributed by atoms with Crippen molar-refractivity contribution in [3.05, 3.63) is 40.3 Å². The summed E-state index contributed by atoms with van der Waals surface area (Å²) >= 11 is 1.65. The topological polar surface area (TPSA) is 29.9 Å². The molecule has 2 rings (SSSR count). The van der Waals surface area contributed by atoms with E-state index in [2.05, 4.69) is 10.4 Å². The molecule has 0 fully saturated rings. The standard InChI is InChI=1S/C12H14F3N3S/c1-9(10-3-2-8-19-10)16-5-7-18-6-4-11(17-18)12(13,14)15/h2-4,6,8-9,16H,5,7H2,1H3. The van der Waals surface area contributed by atoms with Crippen LogP contribution in [0.1, 0.15) is 23.5 Å². The highest BCUT2D eigenvalue weighted by molar-refractivity contribution is 7.10. The molecule has 0 aliphatic carbocycles. The molecule has 1 unspecified atom stereocenters. The minimum Gasteiger partial charge on any atom is -0.308 e. The molecular weight excluding hydrogens is 275 g/mol. The Kier molecular flexibility index (Phi) is 4.26. The van der Waals surface area contributed by atoms with Crippen LogP contribution in [-0.2, 0) is 12.7 Å². The van der Waals surface area contributed by atoms with Gasteiger partial charge < -0.3 is 5.32 Å². The zero-order valence-corrected chi connectivity index (χ0v) is 11.1. The first-order chi connectivity index (χ1) is 8.97. The summed E-state index contributed by atoms with van der Waals surface area (Å²) in [5, 5.41) is 8.74. The average molecular weight is 289 g/mol. The minimum atomic E-state index is -4.37. The number of nitrogens with zero attached hydrogens (tertiary/aromatic N) is 2. The van der Waals surface area contributed by atoms with E-state index < -0.39 is 11.9 Å². The number of nitrogens with one attached hydrogen (secondary N) is 1. The van der Waals surface area contributed by atoms with Gasteiger partial charge in [0.25, 0.3) is 0 Å². The van der Waals surface area contributed by atoms with Crippen LogP contribution in [0, 0.1) is 0 Å². The number of alkyl halides is 3. The van der Waals surface area contributed by atoms with Crippen molar-refractivity contribution in [3.63, 3.8) is 0 Å². The van der Waals surface area contributed by atoms with Crippen LogP contribution in [0.15, 0.2) is 29.8 Å². The molecule has 0 radical (unpaired) electrons. The fraction of sp³-hybridized carbons (Fsp3) is 0.417. The third-order valence-electron chi connectivity index (χ3n) is 2.69. The van der Waals surface area contributed by atoms with E-state index in [0.717, 1.165) is 6.07 Å². The molecule has 0 aromatic carbocycles. The van der Waals surface area contributed by atoms with E-state index in [1.54, 1.807) is 11.3 Å². The van der Waals surface area contributed by atoms with E-state index in [4.69, 9.17) is 0 Å². The Morgan fingerprint density at radius 2 is 2.21 bits per heavy atom. The van der Waals surface area contributed by atoms with E-state index in [1.165, 1.54) is 15.8 Å². The van der Waals surface area contributed by atoms with Gasteiger partial charge in [0.05, 0.1) is 6.54 Å². The second-order valence-corrected chi connectivity index (χ2v) is 5.13. The predicted octanol–water partition coefficient (Wildman–Crippen LogP) is 3.31. The van der Waals surface area contributed by atoms with Gasteiger partial charge in [-0.15, -0.1) is 11.3 Å². The molecule has 0 amide bonds. The third-order valence-corrected chi connectivity index (χ3v) is 3.75. The second kappa shape index (κ2) is 5.75. The first kappa shape index (κ1) is 14.1. The van der Waals surface area contributed by atoms with Crippen LogP contribution in [0.4, 0.5) is 13.2 Å². The van der Waals surface area contributed by atoms with Gasteiger partial charge in [-0.25, -0.2) is 0 Å². The summed E-state index contributed by atoms with van der Waals surface area (Å²) in [7, 11) is 0. The molecule has 19 heavy (non-hydrogen) atoms. The fourth-order valence-electron chi connectivity index (χ4n) is 1.67. The van der Waals surface area contributed by atoms with Crippen molar-refractivity contribution in [2.24, 2.45) is 0 Å². The Labute approximate surface area is 113 Å². The Morgan fingerprint density at radius 3 is 2.79 bits per heavy atom. The summed E-state index contributed by atoms with van der Waals surface area (Å²) in [5.74, 6) is 0. The second-order valence-electron chi connectivity index (χ2n) is 4.15. The van der Waals surface area contributed by atoms with Crippen molar-refractivity contribution in [2.45, 2.75) is 25.7 Å². The van der Waals surface area contributed by atoms with Gasteiger partial charge in [-0.2, -0.15) is 18.3 Å². The molecule has 3 nitrogen and oxygen atoms in total. The molecule has 104 valence electrons. The van der Waals surface area contributed by atoms with Gasteiger partial charge in [-0.05, 0) is 24.4 Å². The highest BCUT2D eigenvalue weighted by Gasteiger charge is 2.33. The molecule has 0 saturated heterocycles. The molecule has 0 aliphatic rings. The van der Waals surface area contributed by atoms with Crippen molar-refractivity contribution >= 4 is 11.3 Å². The average Bonchev–Trinajstić information content (AvgIpc) is 2.99. The summed E-state index contributed by atoms with van der Waals surface area (Å²) in [4.78, 5) is 1.21. The number of rotatable bonds is 5. The number of hydrogen-bond acceptors (Lipinski definition) is 3. The Balaban J connectivity index is 1.81. The lowest BCUT2D eigenvalue weighted by molar-refractivity contribution is -0.141. The van der Waals surface area contributed by atoms with Crippen molar-refractivity contribution in [1.29, 1.82) is 0 Å². The Morgan fingerprint density at radius 1 is 1.42 bits per heavy atom. The zero-order chi connectivity index (χ0) is 13.9. The van der Waals surface area contributed by atoms with E-state index in [1.807, 2.05) is 24.4 Å². The highest BCUT2D eigenvalue weighted by atomic mass is 32.1. The smallest absolute Gasteiger partial charge is 0.308 e. The van der Waals surface area contributed by atoms with Gasteiger partial charge in [0.2, 0.25) is 0 Å². The Hall–Kier alpha value is -1.34. The lowest BCUT2D eigenvalue weighted by atomic mass is 10.3. The number of hydrogen-bond donors (Lipinski definition) is 1. The van der Waals surface area contributed by atoms with Gasteiger partial charge in [-0.3, -0.25) is 4.68 Å². The highest BCUT2D eigenvalue weighted by Crippen LogP contribution is 2.27. The van der Waals surface area contributed by atoms with Gasteiger partial charge in [0.15, 0.2) is 5.69 Å². The van der Waals surface area contributed by atoms with Gasteiger partial charge in [0, 0.05) is 23.7 Å². The molecule has 2 aromatic heterocycles. The van der Waals surface area contributed by atoms with Gasteiger partial charge in [-0.1, -0.05) is 6.07 Å². The third kappa shape index (κ3) is 3.81. The van der Waals surface area contributed by atoms with Crippen LogP contribution in [0.5, 0.6) is 0 Å². The maximum absolute atomic E-state index is 12.3. The molecule has 2 heterocycles. The van der Waals surface area contributed by atoms with Gasteiger partial charge in [0.1, 0.15) is 0 Å². The minimum absolute atomic E-state index is 0.192. The summed E-state index contributed by atoms with van der Waals surface area (Å²) in [6.07, 6.45) is -3.02. The van der Waals surface area contributed by atoms with E-state index in [0.29, 0.717) is 13.1 Å². The van der Waals surface area contributed by atoms with Gasteiger partial charge >= 0.3 is 6.18 Å². The van der Waals surface area contributed by atoms with Crippen molar-refractivity contribution in [2.75, 3.05) is 6.54 Å². The molecule has 0 spiro atoms. The number of thiophene rings is 1. The SMILES string of the molecule is CC(NCCn1ccc(C(F)(F)F)n1)c1cccs1. The van der Waals surface area contributed by atoms with Crippen LogP contribution in [0.25, 0.3) is 0 Å². The molecule has 0 bridgehead atoms. The van der Waals surface area contributed by atoms with Crippen molar-refractivity contribution in [1.82, 2.24) is 15.1 Å². The normalized spacial score (nSPS) is 13.7. The molecule has 1 N–H and O–H groups in total. The summed E-state index contributed by atoms with van der Waals surface area (Å²) in [5.41, 5.74) is -0.848. The molecular formula is C12H14F3N3S. The molecule has 2 aromatic rings. The maximum Gasteiger partial charge on any atom is 0.435 e. The molecule has 0 saturated carbocycles. The summed E-state index contributed by atoms with van der Waals surface area (Å²) in [6.45, 7) is 3.00. The van der Waals surface area contributed by atoms with Crippen LogP contribution in [0.3, 0.4) is 0 Å². The lowest BCUT2D eigenvalue weighted by Crippen LogP contribution is -2.23. The van der Waals surface area contributed by atoms with Crippen LogP contribution < -0.4 is 5.32 Å². The molecule has 7 heteroatoms. The number of aromatic nitrogens is 2. The first-order valence-electron chi connectivity index (χ1n) is 5.84. The van der Waals surface area contributed by atoms with Crippen LogP contribution >= 0.6 is 11.3 Å². The van der Waals surface area contributed by atoms with Crippen molar-refractivity contribution < 1.29 is 13.2 Å². The maximum atomic E-state index is 12.3. The number of halogens is 3. The zero-order valence-electron chi connectivity index (χ0n) is 10.3. The monoisotopic (exact) mass is 289 g/mol. The molecule has 0 aliphatic heterocycles. The van der Waals surface area contributed by atoms with E-state index in [9.17, 15) is 13.2 Å². The largest absolute Gasteiger partial charge is 0.435 e. The lowest BCUT2D eigenvalue weighted by Gasteiger charge is -2.11. The first-order valence-corrected chi connectivity index (χ1v) is 6.72. The Bertz CT molecular complexity index is 505. The van der Waals surface area contributed by atoms with E-state index in [-0.39, 0.29) is 6.04 Å². The van der Waals surface area contributed by atoms with Crippen LogP contribution in [0.2, 0.25) is 0 Å². The summed E-state index contributed by atoms with van der Waals surface area (Å²) < 4.78 is 38.3. The predicted molar refractivity (Wildman–Crippen MR) is 68.0 cm³/mol. The van der Waals surface area contributed by atoms with Crippen molar-refractivity contribution in [3.8, 4) is 0 Å². The molecule has 1 atom stereocenters. The van der Waals surface area contributed by atoms with E-state index >= 15 is 0 Å². The van der Waals surface area contributed by atoms with Crippen LogP contribution in [-0.4, -0.2) is 16.3 Å². The summed E-state index contributed by atoms with van der Waals surface area (Å²) in [6, 6.07) is 5.18. The quantitative estimate of drug-likeness (QED) is 0.915. The fourth-order valence-corrected chi connectivity index (χ4v) is 2.43.